The maximum absolute atomic E-state index is 12.0. The van der Waals surface area contributed by atoms with Crippen LogP contribution >= 0.6 is 0 Å². The first kappa shape index (κ1) is 16.3. The lowest BCUT2D eigenvalue weighted by atomic mass is 10.2. The van der Waals surface area contributed by atoms with Gasteiger partial charge < -0.3 is 9.73 Å². The minimum atomic E-state index is -0.150. The Kier molecular flexibility index (Phi) is 4.39. The van der Waals surface area contributed by atoms with E-state index in [9.17, 15) is 4.79 Å². The number of nitrogens with zero attached hydrogens (tertiary/aromatic N) is 3. The molecule has 0 radical (unpaired) electrons. The van der Waals surface area contributed by atoms with E-state index in [4.69, 9.17) is 4.42 Å². The first-order valence-electron chi connectivity index (χ1n) is 8.68. The fourth-order valence-corrected chi connectivity index (χ4v) is 2.89. The number of hydrogen-bond donors (Lipinski definition) is 1. The number of rotatable bonds is 6. The van der Waals surface area contributed by atoms with E-state index in [0.717, 1.165) is 17.0 Å². The molecule has 26 heavy (non-hydrogen) atoms. The smallest absolute Gasteiger partial charge is 0.244 e. The van der Waals surface area contributed by atoms with E-state index in [2.05, 4.69) is 22.3 Å². The molecule has 2 aromatic heterocycles. The lowest BCUT2D eigenvalue weighted by molar-refractivity contribution is -0.116. The first-order valence-corrected chi connectivity index (χ1v) is 8.68. The molecule has 2 unspecified atom stereocenters. The number of carbonyl (C=O) groups excluding carboxylic acids is 1. The van der Waals surface area contributed by atoms with Crippen LogP contribution in [0.3, 0.4) is 0 Å². The Morgan fingerprint density at radius 3 is 2.81 bits per heavy atom. The van der Waals surface area contributed by atoms with Gasteiger partial charge in [0, 0.05) is 18.5 Å². The standard InChI is InChI=1S/C20H20N4O2/c1-14-10-18(14)19-8-6-17(26-19)7-9-20(25)22-11-15-2-4-16(5-3-15)24-13-21-12-23-24/h2-9,12-14,18H,10-11H2,1H3,(H,22,25)/b9-7+. The van der Waals surface area contributed by atoms with Gasteiger partial charge in [-0.05, 0) is 48.2 Å². The predicted octanol–water partition coefficient (Wildman–Crippen LogP) is 3.31. The van der Waals surface area contributed by atoms with Crippen LogP contribution in [0.1, 0.15) is 36.3 Å². The zero-order valence-corrected chi connectivity index (χ0v) is 14.5. The van der Waals surface area contributed by atoms with Gasteiger partial charge in [0.1, 0.15) is 24.2 Å². The highest BCUT2D eigenvalue weighted by Gasteiger charge is 2.36. The van der Waals surface area contributed by atoms with Gasteiger partial charge in [0.25, 0.3) is 0 Å². The highest BCUT2D eigenvalue weighted by Crippen LogP contribution is 2.47. The molecule has 1 saturated carbocycles. The molecule has 1 amide bonds. The monoisotopic (exact) mass is 348 g/mol. The topological polar surface area (TPSA) is 73.0 Å². The van der Waals surface area contributed by atoms with Crippen LogP contribution in [0, 0.1) is 5.92 Å². The Hall–Kier alpha value is -3.15. The Morgan fingerprint density at radius 2 is 2.12 bits per heavy atom. The molecular weight excluding hydrogens is 328 g/mol. The normalized spacial score (nSPS) is 19.0. The van der Waals surface area contributed by atoms with Gasteiger partial charge in [0.05, 0.1) is 5.69 Å². The molecule has 1 aromatic carbocycles. The van der Waals surface area contributed by atoms with E-state index >= 15 is 0 Å². The Morgan fingerprint density at radius 1 is 1.31 bits per heavy atom. The molecule has 0 saturated heterocycles. The summed E-state index contributed by atoms with van der Waals surface area (Å²) in [6.07, 6.45) is 7.54. The molecule has 6 nitrogen and oxygen atoms in total. The maximum atomic E-state index is 12.0. The summed E-state index contributed by atoms with van der Waals surface area (Å²) in [5, 5.41) is 6.95. The van der Waals surface area contributed by atoms with E-state index in [1.807, 2.05) is 36.4 Å². The zero-order valence-electron chi connectivity index (χ0n) is 14.5. The molecule has 2 heterocycles. The Balaban J connectivity index is 1.29. The van der Waals surface area contributed by atoms with Gasteiger partial charge in [0.15, 0.2) is 0 Å². The van der Waals surface area contributed by atoms with Gasteiger partial charge in [-0.1, -0.05) is 19.1 Å². The van der Waals surface area contributed by atoms with Gasteiger partial charge in [-0.15, -0.1) is 0 Å². The van der Waals surface area contributed by atoms with Crippen molar-refractivity contribution in [3.8, 4) is 5.69 Å². The van der Waals surface area contributed by atoms with Crippen LogP contribution < -0.4 is 5.32 Å². The summed E-state index contributed by atoms with van der Waals surface area (Å²) in [6, 6.07) is 11.7. The third-order valence-corrected chi connectivity index (χ3v) is 4.61. The summed E-state index contributed by atoms with van der Waals surface area (Å²) in [6.45, 7) is 2.68. The van der Waals surface area contributed by atoms with Gasteiger partial charge in [-0.2, -0.15) is 5.10 Å². The molecule has 1 fully saturated rings. The molecule has 2 atom stereocenters. The minimum absolute atomic E-state index is 0.150. The average Bonchev–Trinajstić information content (AvgIpc) is 3.10. The largest absolute Gasteiger partial charge is 0.461 e. The number of aromatic nitrogens is 3. The number of amides is 1. The van der Waals surface area contributed by atoms with Crippen molar-refractivity contribution in [1.82, 2.24) is 20.1 Å². The van der Waals surface area contributed by atoms with Crippen LogP contribution in [-0.4, -0.2) is 20.7 Å². The summed E-state index contributed by atoms with van der Waals surface area (Å²) in [7, 11) is 0. The van der Waals surface area contributed by atoms with Crippen molar-refractivity contribution in [2.24, 2.45) is 5.92 Å². The van der Waals surface area contributed by atoms with E-state index < -0.39 is 0 Å². The minimum Gasteiger partial charge on any atom is -0.461 e. The van der Waals surface area contributed by atoms with Crippen LogP contribution in [0.4, 0.5) is 0 Å². The van der Waals surface area contributed by atoms with Crippen molar-refractivity contribution < 1.29 is 9.21 Å². The van der Waals surface area contributed by atoms with Crippen LogP contribution in [0.25, 0.3) is 11.8 Å². The van der Waals surface area contributed by atoms with Gasteiger partial charge >= 0.3 is 0 Å². The fraction of sp³-hybridized carbons (Fsp3) is 0.250. The van der Waals surface area contributed by atoms with Crippen molar-refractivity contribution >= 4 is 12.0 Å². The lowest BCUT2D eigenvalue weighted by Crippen LogP contribution is -2.20. The SMILES string of the molecule is CC1CC1c1ccc(/C=C/C(=O)NCc2ccc(-n3cncn3)cc2)o1. The van der Waals surface area contributed by atoms with Crippen LogP contribution in [0.15, 0.2) is 59.5 Å². The molecule has 0 aliphatic heterocycles. The van der Waals surface area contributed by atoms with Crippen molar-refractivity contribution in [1.29, 1.82) is 0 Å². The molecule has 132 valence electrons. The van der Waals surface area contributed by atoms with Crippen molar-refractivity contribution in [2.45, 2.75) is 25.8 Å². The van der Waals surface area contributed by atoms with Gasteiger partial charge in [-0.3, -0.25) is 4.79 Å². The van der Waals surface area contributed by atoms with E-state index in [1.165, 1.54) is 18.8 Å². The van der Waals surface area contributed by atoms with E-state index in [1.54, 1.807) is 17.1 Å². The van der Waals surface area contributed by atoms with E-state index in [0.29, 0.717) is 24.1 Å². The summed E-state index contributed by atoms with van der Waals surface area (Å²) < 4.78 is 7.45. The average molecular weight is 348 g/mol. The number of hydrogen-bond acceptors (Lipinski definition) is 4. The first-order chi connectivity index (χ1) is 12.7. The molecule has 4 rings (SSSR count). The summed E-state index contributed by atoms with van der Waals surface area (Å²) in [4.78, 5) is 15.9. The highest BCUT2D eigenvalue weighted by molar-refractivity contribution is 5.91. The quantitative estimate of drug-likeness (QED) is 0.694. The molecule has 6 heteroatoms. The molecule has 1 aliphatic rings. The van der Waals surface area contributed by atoms with Gasteiger partial charge in [0.2, 0.25) is 5.91 Å². The third kappa shape index (κ3) is 3.74. The number of carbonyl (C=O) groups is 1. The fourth-order valence-electron chi connectivity index (χ4n) is 2.89. The molecule has 3 aromatic rings. The highest BCUT2D eigenvalue weighted by atomic mass is 16.3. The summed E-state index contributed by atoms with van der Waals surface area (Å²) in [5.41, 5.74) is 1.94. The predicted molar refractivity (Wildman–Crippen MR) is 97.5 cm³/mol. The van der Waals surface area contributed by atoms with Crippen LogP contribution in [0.2, 0.25) is 0 Å². The van der Waals surface area contributed by atoms with Gasteiger partial charge in [-0.25, -0.2) is 9.67 Å². The Labute approximate surface area is 151 Å². The maximum Gasteiger partial charge on any atom is 0.244 e. The second kappa shape index (κ2) is 7.00. The zero-order chi connectivity index (χ0) is 17.9. The molecule has 1 N–H and O–H groups in total. The van der Waals surface area contributed by atoms with Crippen molar-refractivity contribution in [3.63, 3.8) is 0 Å². The molecule has 0 bridgehead atoms. The summed E-state index contributed by atoms with van der Waals surface area (Å²) >= 11 is 0. The number of furan rings is 1. The summed E-state index contributed by atoms with van der Waals surface area (Å²) in [5.74, 6) is 2.84. The number of nitrogens with one attached hydrogen (secondary N) is 1. The van der Waals surface area contributed by atoms with Crippen molar-refractivity contribution in [3.05, 3.63) is 72.2 Å². The third-order valence-electron chi connectivity index (χ3n) is 4.61. The van der Waals surface area contributed by atoms with Crippen LogP contribution in [0.5, 0.6) is 0 Å². The molecular formula is C20H20N4O2. The molecule has 0 spiro atoms. The number of benzene rings is 1. The van der Waals surface area contributed by atoms with Crippen LogP contribution in [-0.2, 0) is 11.3 Å². The van der Waals surface area contributed by atoms with Crippen molar-refractivity contribution in [2.75, 3.05) is 0 Å². The Bertz CT molecular complexity index is 910. The van der Waals surface area contributed by atoms with E-state index in [-0.39, 0.29) is 5.91 Å². The lowest BCUT2D eigenvalue weighted by Gasteiger charge is -2.04. The second-order valence-electron chi connectivity index (χ2n) is 6.62. The second-order valence-corrected chi connectivity index (χ2v) is 6.62. The molecule has 1 aliphatic carbocycles.